The average molecular weight is 442 g/mol. The molecule has 1 heterocycles. The third kappa shape index (κ3) is 2.65. The molecule has 0 unspecified atom stereocenters. The molecule has 0 saturated carbocycles. The highest BCUT2D eigenvalue weighted by atomic mass is 32.1. The van der Waals surface area contributed by atoms with Crippen molar-refractivity contribution < 1.29 is 0 Å². The van der Waals surface area contributed by atoms with Crippen molar-refractivity contribution in [3.05, 3.63) is 108 Å². The van der Waals surface area contributed by atoms with Gasteiger partial charge in [0, 0.05) is 26.6 Å². The second-order valence-electron chi connectivity index (χ2n) is 9.50. The summed E-state index contributed by atoms with van der Waals surface area (Å²) in [6.07, 6.45) is 0. The van der Waals surface area contributed by atoms with Crippen molar-refractivity contribution in [2.24, 2.45) is 0 Å². The number of benzene rings is 5. The van der Waals surface area contributed by atoms with E-state index >= 15 is 0 Å². The molecule has 0 aliphatic heterocycles. The van der Waals surface area contributed by atoms with E-state index in [4.69, 9.17) is 0 Å². The fourth-order valence-corrected chi connectivity index (χ4v) is 6.87. The number of nitrogens with one attached hydrogen (secondary N) is 1. The number of anilines is 2. The van der Waals surface area contributed by atoms with Gasteiger partial charge >= 0.3 is 0 Å². The summed E-state index contributed by atoms with van der Waals surface area (Å²) >= 11 is 1.89. The van der Waals surface area contributed by atoms with Crippen molar-refractivity contribution in [3.8, 4) is 11.1 Å². The fraction of sp³-hybridized carbons (Fsp3) is 0.0968. The second kappa shape index (κ2) is 6.69. The second-order valence-corrected chi connectivity index (χ2v) is 10.5. The number of fused-ring (bicyclic) bond motifs is 8. The highest BCUT2D eigenvalue weighted by Gasteiger charge is 2.35. The highest BCUT2D eigenvalue weighted by Crippen LogP contribution is 2.49. The Morgan fingerprint density at radius 1 is 0.606 bits per heavy atom. The molecule has 0 bridgehead atoms. The smallest absolute Gasteiger partial charge is 0.0590 e. The molecule has 2 heteroatoms. The van der Waals surface area contributed by atoms with Crippen LogP contribution in [0.5, 0.6) is 0 Å². The van der Waals surface area contributed by atoms with E-state index in [-0.39, 0.29) is 5.41 Å². The summed E-state index contributed by atoms with van der Waals surface area (Å²) in [5.74, 6) is 0. The van der Waals surface area contributed by atoms with Crippen molar-refractivity contribution in [1.29, 1.82) is 0 Å². The first-order valence-electron chi connectivity index (χ1n) is 11.5. The van der Waals surface area contributed by atoms with Gasteiger partial charge in [0.15, 0.2) is 0 Å². The Labute approximate surface area is 197 Å². The molecule has 5 aromatic carbocycles. The van der Waals surface area contributed by atoms with Crippen LogP contribution in [0.25, 0.3) is 42.1 Å². The first kappa shape index (κ1) is 18.9. The molecule has 33 heavy (non-hydrogen) atoms. The van der Waals surface area contributed by atoms with Gasteiger partial charge in [-0.3, -0.25) is 0 Å². The molecule has 0 saturated heterocycles. The van der Waals surface area contributed by atoms with Gasteiger partial charge in [0.05, 0.1) is 10.4 Å². The Bertz CT molecular complexity index is 1720. The maximum atomic E-state index is 3.76. The predicted octanol–water partition coefficient (Wildman–Crippen LogP) is 9.26. The molecule has 0 amide bonds. The molecule has 1 aromatic heterocycles. The van der Waals surface area contributed by atoms with Crippen LogP contribution in [0.2, 0.25) is 0 Å². The molecule has 158 valence electrons. The van der Waals surface area contributed by atoms with Crippen LogP contribution in [0.4, 0.5) is 11.4 Å². The van der Waals surface area contributed by atoms with E-state index in [0.717, 1.165) is 5.69 Å². The Balaban J connectivity index is 1.37. The van der Waals surface area contributed by atoms with E-state index in [1.54, 1.807) is 0 Å². The normalized spacial score (nSPS) is 14.0. The average Bonchev–Trinajstić information content (AvgIpc) is 3.34. The van der Waals surface area contributed by atoms with Gasteiger partial charge in [-0.25, -0.2) is 0 Å². The zero-order chi connectivity index (χ0) is 22.2. The summed E-state index contributed by atoms with van der Waals surface area (Å²) < 4.78 is 2.68. The van der Waals surface area contributed by atoms with Crippen LogP contribution in [-0.2, 0) is 5.41 Å². The predicted molar refractivity (Wildman–Crippen MR) is 144 cm³/mol. The molecule has 1 aliphatic carbocycles. The van der Waals surface area contributed by atoms with Crippen LogP contribution in [0.3, 0.4) is 0 Å². The lowest BCUT2D eigenvalue weighted by Gasteiger charge is -2.22. The minimum absolute atomic E-state index is 0.00610. The van der Waals surface area contributed by atoms with Gasteiger partial charge in [0.2, 0.25) is 0 Å². The lowest BCUT2D eigenvalue weighted by atomic mass is 9.82. The monoisotopic (exact) mass is 441 g/mol. The maximum absolute atomic E-state index is 3.76. The highest BCUT2D eigenvalue weighted by molar-refractivity contribution is 7.27. The van der Waals surface area contributed by atoms with E-state index in [0.29, 0.717) is 0 Å². The third-order valence-electron chi connectivity index (χ3n) is 7.25. The lowest BCUT2D eigenvalue weighted by molar-refractivity contribution is 0.660. The molecule has 0 fully saturated rings. The standard InChI is InChI=1S/C31H23NS/c1-31(2)26-12-6-5-10-22(26)23-17-15-20(18-27(23)31)32-28-13-7-11-24-25-16-14-19-8-3-4-9-21(19)29(25)33-30(24)28/h3-18,32H,1-2H3. The Kier molecular flexibility index (Phi) is 3.83. The molecule has 1 N–H and O–H groups in total. The zero-order valence-electron chi connectivity index (χ0n) is 18.6. The summed E-state index contributed by atoms with van der Waals surface area (Å²) in [6.45, 7) is 4.67. The number of thiophene rings is 1. The summed E-state index contributed by atoms with van der Waals surface area (Å²) in [4.78, 5) is 0. The zero-order valence-corrected chi connectivity index (χ0v) is 19.5. The molecule has 0 spiro atoms. The van der Waals surface area contributed by atoms with Crippen molar-refractivity contribution in [2.45, 2.75) is 19.3 Å². The third-order valence-corrected chi connectivity index (χ3v) is 8.54. The number of rotatable bonds is 2. The number of hydrogen-bond acceptors (Lipinski definition) is 2. The van der Waals surface area contributed by atoms with Crippen molar-refractivity contribution in [3.63, 3.8) is 0 Å². The Morgan fingerprint density at radius 3 is 2.30 bits per heavy atom. The van der Waals surface area contributed by atoms with Crippen molar-refractivity contribution >= 4 is 53.7 Å². The van der Waals surface area contributed by atoms with E-state index in [1.807, 2.05) is 11.3 Å². The van der Waals surface area contributed by atoms with Gasteiger partial charge in [-0.05, 0) is 51.2 Å². The van der Waals surface area contributed by atoms with E-state index in [1.165, 1.54) is 58.9 Å². The van der Waals surface area contributed by atoms with Gasteiger partial charge in [0.1, 0.15) is 0 Å². The van der Waals surface area contributed by atoms with Crippen LogP contribution in [0.15, 0.2) is 97.1 Å². The van der Waals surface area contributed by atoms with Crippen LogP contribution < -0.4 is 5.32 Å². The molecule has 0 radical (unpaired) electrons. The summed E-state index contributed by atoms with van der Waals surface area (Å²) in [5.41, 5.74) is 7.84. The van der Waals surface area contributed by atoms with Gasteiger partial charge in [-0.1, -0.05) is 92.7 Å². The maximum Gasteiger partial charge on any atom is 0.0590 e. The van der Waals surface area contributed by atoms with Crippen LogP contribution in [-0.4, -0.2) is 0 Å². The number of hydrogen-bond donors (Lipinski definition) is 1. The molecular weight excluding hydrogens is 418 g/mol. The van der Waals surface area contributed by atoms with E-state index in [2.05, 4.69) is 116 Å². The van der Waals surface area contributed by atoms with Crippen molar-refractivity contribution in [2.75, 3.05) is 5.32 Å². The molecule has 1 nitrogen and oxygen atoms in total. The van der Waals surface area contributed by atoms with Gasteiger partial charge < -0.3 is 5.32 Å². The largest absolute Gasteiger partial charge is 0.354 e. The fourth-order valence-electron chi connectivity index (χ4n) is 5.56. The lowest BCUT2D eigenvalue weighted by Crippen LogP contribution is -2.15. The summed E-state index contributed by atoms with van der Waals surface area (Å²) in [6, 6.07) is 35.5. The van der Waals surface area contributed by atoms with E-state index in [9.17, 15) is 0 Å². The Morgan fingerprint density at radius 2 is 1.36 bits per heavy atom. The molecule has 1 aliphatic rings. The SMILES string of the molecule is CC1(C)c2ccccc2-c2ccc(Nc3cccc4c3sc3c5ccccc5ccc43)cc21. The first-order valence-corrected chi connectivity index (χ1v) is 12.3. The minimum Gasteiger partial charge on any atom is -0.354 e. The van der Waals surface area contributed by atoms with E-state index < -0.39 is 0 Å². The first-order chi connectivity index (χ1) is 16.1. The minimum atomic E-state index is 0.00610. The van der Waals surface area contributed by atoms with Gasteiger partial charge in [-0.2, -0.15) is 0 Å². The Hall–Kier alpha value is -3.62. The summed E-state index contributed by atoms with van der Waals surface area (Å²) in [5, 5.41) is 9.05. The van der Waals surface area contributed by atoms with Crippen LogP contribution in [0, 0.1) is 0 Å². The van der Waals surface area contributed by atoms with Crippen LogP contribution >= 0.6 is 11.3 Å². The quantitative estimate of drug-likeness (QED) is 0.282. The van der Waals surface area contributed by atoms with Gasteiger partial charge in [0.25, 0.3) is 0 Å². The summed E-state index contributed by atoms with van der Waals surface area (Å²) in [7, 11) is 0. The molecule has 0 atom stereocenters. The van der Waals surface area contributed by atoms with Crippen molar-refractivity contribution in [1.82, 2.24) is 0 Å². The van der Waals surface area contributed by atoms with Crippen LogP contribution in [0.1, 0.15) is 25.0 Å². The molecule has 6 aromatic rings. The molecule has 7 rings (SSSR count). The van der Waals surface area contributed by atoms with Gasteiger partial charge in [-0.15, -0.1) is 11.3 Å². The molecular formula is C31H23NS. The topological polar surface area (TPSA) is 12.0 Å².